The fourth-order valence-electron chi connectivity index (χ4n) is 2.25. The van der Waals surface area contributed by atoms with Crippen LogP contribution in [0.2, 0.25) is 0 Å². The van der Waals surface area contributed by atoms with Gasteiger partial charge in [-0.2, -0.15) is 0 Å². The number of amides is 1. The number of anilines is 1. The molecular formula is C17H28N2O3S. The van der Waals surface area contributed by atoms with Crippen LogP contribution < -0.4 is 9.62 Å². The normalized spacial score (nSPS) is 14.4. The van der Waals surface area contributed by atoms with Gasteiger partial charge in [0.25, 0.3) is 0 Å². The third kappa shape index (κ3) is 4.96. The van der Waals surface area contributed by atoms with E-state index < -0.39 is 16.1 Å². The molecule has 0 aromatic heterocycles. The van der Waals surface area contributed by atoms with Crippen LogP contribution in [0.1, 0.15) is 38.8 Å². The van der Waals surface area contributed by atoms with Gasteiger partial charge >= 0.3 is 0 Å². The maximum Gasteiger partial charge on any atom is 0.243 e. The lowest BCUT2D eigenvalue weighted by molar-refractivity contribution is -0.122. The van der Waals surface area contributed by atoms with E-state index >= 15 is 0 Å². The highest BCUT2D eigenvalue weighted by Crippen LogP contribution is 2.26. The molecule has 0 fully saturated rings. The first kappa shape index (κ1) is 19.5. The first-order valence-electron chi connectivity index (χ1n) is 7.82. The number of carbonyl (C=O) groups excluding carboxylic acids is 1. The molecule has 1 aromatic carbocycles. The van der Waals surface area contributed by atoms with E-state index in [1.165, 1.54) is 4.31 Å². The standard InChI is InChI=1S/C17H28N2O3S/c1-11(2)14(5)18-17(20)15(6)19(23(7,21)22)16-10-12(3)8-9-13(16)4/h8-11,14-15H,1-7H3,(H,18,20)/t14-,15+/m0/s1. The van der Waals surface area contributed by atoms with Crippen molar-refractivity contribution in [3.05, 3.63) is 29.3 Å². The molecule has 1 amide bonds. The van der Waals surface area contributed by atoms with E-state index in [1.54, 1.807) is 13.0 Å². The third-order valence-electron chi connectivity index (χ3n) is 4.06. The summed E-state index contributed by atoms with van der Waals surface area (Å²) in [4.78, 5) is 12.5. The second kappa shape index (κ2) is 7.34. The molecule has 6 heteroatoms. The number of rotatable bonds is 6. The van der Waals surface area contributed by atoms with E-state index in [0.29, 0.717) is 5.69 Å². The fraction of sp³-hybridized carbons (Fsp3) is 0.588. The van der Waals surface area contributed by atoms with E-state index in [-0.39, 0.29) is 17.9 Å². The van der Waals surface area contributed by atoms with Crippen LogP contribution in [0.5, 0.6) is 0 Å². The maximum absolute atomic E-state index is 12.5. The molecule has 1 N–H and O–H groups in total. The molecule has 130 valence electrons. The number of nitrogens with zero attached hydrogens (tertiary/aromatic N) is 1. The molecule has 0 bridgehead atoms. The van der Waals surface area contributed by atoms with E-state index in [2.05, 4.69) is 5.32 Å². The molecule has 2 atom stereocenters. The van der Waals surface area contributed by atoms with E-state index in [9.17, 15) is 13.2 Å². The van der Waals surface area contributed by atoms with Crippen molar-refractivity contribution in [2.24, 2.45) is 5.92 Å². The van der Waals surface area contributed by atoms with Crippen molar-refractivity contribution in [2.45, 2.75) is 53.6 Å². The smallest absolute Gasteiger partial charge is 0.243 e. The zero-order chi connectivity index (χ0) is 17.9. The Morgan fingerprint density at radius 1 is 1.13 bits per heavy atom. The van der Waals surface area contributed by atoms with Gasteiger partial charge < -0.3 is 5.32 Å². The van der Waals surface area contributed by atoms with Gasteiger partial charge in [-0.15, -0.1) is 0 Å². The Morgan fingerprint density at radius 2 is 1.70 bits per heavy atom. The Hall–Kier alpha value is -1.56. The summed E-state index contributed by atoms with van der Waals surface area (Å²) in [6.07, 6.45) is 1.13. The Bertz CT molecular complexity index is 668. The van der Waals surface area contributed by atoms with E-state index in [0.717, 1.165) is 17.4 Å². The highest BCUT2D eigenvalue weighted by molar-refractivity contribution is 7.92. The zero-order valence-corrected chi connectivity index (χ0v) is 15.9. The lowest BCUT2D eigenvalue weighted by Gasteiger charge is -2.31. The minimum atomic E-state index is -3.59. The number of nitrogens with one attached hydrogen (secondary N) is 1. The molecule has 23 heavy (non-hydrogen) atoms. The summed E-state index contributed by atoms with van der Waals surface area (Å²) >= 11 is 0. The second-order valence-corrected chi connectivity index (χ2v) is 8.43. The average Bonchev–Trinajstić information content (AvgIpc) is 2.40. The van der Waals surface area contributed by atoms with Gasteiger partial charge in [0.15, 0.2) is 0 Å². The predicted octanol–water partition coefficient (Wildman–Crippen LogP) is 2.62. The van der Waals surface area contributed by atoms with Crippen LogP contribution in [0.15, 0.2) is 18.2 Å². The summed E-state index contributed by atoms with van der Waals surface area (Å²) in [7, 11) is -3.59. The summed E-state index contributed by atoms with van der Waals surface area (Å²) < 4.78 is 25.8. The number of carbonyl (C=O) groups is 1. The molecule has 0 spiro atoms. The first-order chi connectivity index (χ1) is 10.4. The lowest BCUT2D eigenvalue weighted by atomic mass is 10.1. The van der Waals surface area contributed by atoms with E-state index in [1.807, 2.05) is 46.8 Å². The van der Waals surface area contributed by atoms with Crippen molar-refractivity contribution in [1.82, 2.24) is 5.32 Å². The Morgan fingerprint density at radius 3 is 2.17 bits per heavy atom. The van der Waals surface area contributed by atoms with Gasteiger partial charge in [-0.3, -0.25) is 9.10 Å². The first-order valence-corrected chi connectivity index (χ1v) is 9.67. The zero-order valence-electron chi connectivity index (χ0n) is 15.0. The second-order valence-electron chi connectivity index (χ2n) is 6.57. The van der Waals surface area contributed by atoms with Crippen molar-refractivity contribution in [3.63, 3.8) is 0 Å². The summed E-state index contributed by atoms with van der Waals surface area (Å²) in [5.74, 6) is -0.0175. The van der Waals surface area contributed by atoms with Crippen LogP contribution in [0.25, 0.3) is 0 Å². The molecule has 0 aliphatic rings. The lowest BCUT2D eigenvalue weighted by Crippen LogP contribution is -2.50. The van der Waals surface area contributed by atoms with Crippen molar-refractivity contribution < 1.29 is 13.2 Å². The summed E-state index contributed by atoms with van der Waals surface area (Å²) in [5.41, 5.74) is 2.31. The summed E-state index contributed by atoms with van der Waals surface area (Å²) in [6.45, 7) is 11.3. The maximum atomic E-state index is 12.5. The minimum absolute atomic E-state index is 0.0232. The molecule has 0 radical (unpaired) electrons. The molecule has 0 saturated heterocycles. The SMILES string of the molecule is Cc1ccc(C)c(N([C@H](C)C(=O)N[C@@H](C)C(C)C)S(C)(=O)=O)c1. The molecule has 0 heterocycles. The summed E-state index contributed by atoms with van der Waals surface area (Å²) in [6, 6.07) is 4.75. The van der Waals surface area contributed by atoms with Gasteiger partial charge in [-0.1, -0.05) is 26.0 Å². The van der Waals surface area contributed by atoms with Crippen molar-refractivity contribution in [2.75, 3.05) is 10.6 Å². The number of hydrogen-bond donors (Lipinski definition) is 1. The highest BCUT2D eigenvalue weighted by Gasteiger charge is 2.31. The molecule has 5 nitrogen and oxygen atoms in total. The van der Waals surface area contributed by atoms with Crippen LogP contribution in [-0.4, -0.2) is 32.7 Å². The molecule has 0 unspecified atom stereocenters. The van der Waals surface area contributed by atoms with Gasteiger partial charge in [-0.05, 0) is 50.8 Å². The molecule has 0 aliphatic heterocycles. The molecule has 0 aliphatic carbocycles. The predicted molar refractivity (Wildman–Crippen MR) is 95.1 cm³/mol. The van der Waals surface area contributed by atoms with E-state index in [4.69, 9.17) is 0 Å². The van der Waals surface area contributed by atoms with Crippen LogP contribution >= 0.6 is 0 Å². The van der Waals surface area contributed by atoms with Gasteiger partial charge in [-0.25, -0.2) is 8.42 Å². The molecular weight excluding hydrogens is 312 g/mol. The van der Waals surface area contributed by atoms with Gasteiger partial charge in [0, 0.05) is 6.04 Å². The van der Waals surface area contributed by atoms with Crippen LogP contribution in [0.4, 0.5) is 5.69 Å². The van der Waals surface area contributed by atoms with Crippen molar-refractivity contribution >= 4 is 21.6 Å². The quantitative estimate of drug-likeness (QED) is 0.865. The Labute approximate surface area is 140 Å². The number of aryl methyl sites for hydroxylation is 2. The van der Waals surface area contributed by atoms with Crippen LogP contribution in [0.3, 0.4) is 0 Å². The van der Waals surface area contributed by atoms with Gasteiger partial charge in [0.2, 0.25) is 15.9 Å². The average molecular weight is 340 g/mol. The molecule has 1 rings (SSSR count). The van der Waals surface area contributed by atoms with Gasteiger partial charge in [0.1, 0.15) is 6.04 Å². The van der Waals surface area contributed by atoms with Crippen LogP contribution in [-0.2, 0) is 14.8 Å². The van der Waals surface area contributed by atoms with Crippen molar-refractivity contribution in [3.8, 4) is 0 Å². The molecule has 1 aromatic rings. The third-order valence-corrected chi connectivity index (χ3v) is 5.29. The number of hydrogen-bond acceptors (Lipinski definition) is 3. The highest BCUT2D eigenvalue weighted by atomic mass is 32.2. The number of sulfonamides is 1. The topological polar surface area (TPSA) is 66.5 Å². The van der Waals surface area contributed by atoms with Crippen molar-refractivity contribution in [1.29, 1.82) is 0 Å². The summed E-state index contributed by atoms with van der Waals surface area (Å²) in [5, 5.41) is 2.89. The monoisotopic (exact) mass is 340 g/mol. The minimum Gasteiger partial charge on any atom is -0.352 e. The Kier molecular flexibility index (Phi) is 6.22. The van der Waals surface area contributed by atoms with Gasteiger partial charge in [0.05, 0.1) is 11.9 Å². The largest absolute Gasteiger partial charge is 0.352 e. The Balaban J connectivity index is 3.23. The number of benzene rings is 1. The molecule has 0 saturated carbocycles. The van der Waals surface area contributed by atoms with Crippen LogP contribution in [0, 0.1) is 19.8 Å². The fourth-order valence-corrected chi connectivity index (χ4v) is 3.47.